The van der Waals surface area contributed by atoms with Crippen molar-refractivity contribution in [3.8, 4) is 0 Å². The fourth-order valence-electron chi connectivity index (χ4n) is 1.34. The van der Waals surface area contributed by atoms with E-state index >= 15 is 0 Å². The fraction of sp³-hybridized carbons (Fsp3) is 0.400. The zero-order valence-corrected chi connectivity index (χ0v) is 8.54. The Balaban J connectivity index is 2.35. The molecule has 1 heterocycles. The number of ether oxygens (including phenoxy) is 1. The summed E-state index contributed by atoms with van der Waals surface area (Å²) in [5, 5.41) is 0.356. The first-order chi connectivity index (χ1) is 6.70. The van der Waals surface area contributed by atoms with Crippen LogP contribution in [-0.2, 0) is 4.74 Å². The monoisotopic (exact) mass is 211 g/mol. The third-order valence-corrected chi connectivity index (χ3v) is 2.42. The van der Waals surface area contributed by atoms with Gasteiger partial charge in [0.2, 0.25) is 0 Å². The SMILES string of the molecule is COC(=O)c1cc(Cl)nc(C2CC2)c1. The standard InChI is InChI=1S/C10H10ClNO2/c1-14-10(13)7-4-8(6-2-3-6)12-9(11)5-7/h4-6H,2-3H2,1H3. The highest BCUT2D eigenvalue weighted by Gasteiger charge is 2.26. The molecule has 3 nitrogen and oxygen atoms in total. The Morgan fingerprint density at radius 3 is 2.86 bits per heavy atom. The lowest BCUT2D eigenvalue weighted by molar-refractivity contribution is 0.0600. The van der Waals surface area contributed by atoms with E-state index in [1.54, 1.807) is 6.07 Å². The van der Waals surface area contributed by atoms with Crippen molar-refractivity contribution in [3.63, 3.8) is 0 Å². The number of carbonyl (C=O) groups excluding carboxylic acids is 1. The molecule has 74 valence electrons. The zero-order valence-electron chi connectivity index (χ0n) is 7.79. The van der Waals surface area contributed by atoms with Gasteiger partial charge in [-0.2, -0.15) is 0 Å². The van der Waals surface area contributed by atoms with E-state index in [-0.39, 0.29) is 5.97 Å². The largest absolute Gasteiger partial charge is 0.465 e. The van der Waals surface area contributed by atoms with E-state index in [0.29, 0.717) is 16.6 Å². The Kier molecular flexibility index (Phi) is 2.42. The summed E-state index contributed by atoms with van der Waals surface area (Å²) in [4.78, 5) is 15.4. The van der Waals surface area contributed by atoms with Gasteiger partial charge < -0.3 is 4.74 Å². The van der Waals surface area contributed by atoms with Crippen LogP contribution < -0.4 is 0 Å². The number of halogens is 1. The average molecular weight is 212 g/mol. The third-order valence-electron chi connectivity index (χ3n) is 2.23. The molecule has 0 spiro atoms. The van der Waals surface area contributed by atoms with Crippen LogP contribution in [-0.4, -0.2) is 18.1 Å². The Morgan fingerprint density at radius 2 is 2.29 bits per heavy atom. The molecule has 2 rings (SSSR count). The Labute approximate surface area is 87.0 Å². The van der Waals surface area contributed by atoms with Gasteiger partial charge in [-0.15, -0.1) is 0 Å². The van der Waals surface area contributed by atoms with Crippen molar-refractivity contribution in [1.82, 2.24) is 4.98 Å². The Hall–Kier alpha value is -1.09. The molecule has 1 aliphatic carbocycles. The number of methoxy groups -OCH3 is 1. The van der Waals surface area contributed by atoms with Crippen LogP contribution >= 0.6 is 11.6 Å². The van der Waals surface area contributed by atoms with Crippen LogP contribution in [0, 0.1) is 0 Å². The summed E-state index contributed by atoms with van der Waals surface area (Å²) in [5.41, 5.74) is 1.38. The zero-order chi connectivity index (χ0) is 10.1. The highest BCUT2D eigenvalue weighted by molar-refractivity contribution is 6.29. The van der Waals surface area contributed by atoms with Crippen LogP contribution in [0.5, 0.6) is 0 Å². The van der Waals surface area contributed by atoms with E-state index in [4.69, 9.17) is 11.6 Å². The molecule has 0 saturated heterocycles. The van der Waals surface area contributed by atoms with Crippen molar-refractivity contribution in [3.05, 3.63) is 28.5 Å². The molecule has 0 bridgehead atoms. The average Bonchev–Trinajstić information content (AvgIpc) is 2.98. The van der Waals surface area contributed by atoms with E-state index in [0.717, 1.165) is 18.5 Å². The number of carbonyl (C=O) groups is 1. The van der Waals surface area contributed by atoms with Crippen LogP contribution in [0.25, 0.3) is 0 Å². The summed E-state index contributed by atoms with van der Waals surface area (Å²) in [7, 11) is 1.35. The summed E-state index contributed by atoms with van der Waals surface area (Å²) in [6.07, 6.45) is 2.27. The molecule has 0 aromatic carbocycles. The van der Waals surface area contributed by atoms with Crippen molar-refractivity contribution >= 4 is 17.6 Å². The maximum Gasteiger partial charge on any atom is 0.338 e. The maximum atomic E-state index is 11.3. The number of esters is 1. The lowest BCUT2D eigenvalue weighted by Gasteiger charge is -2.02. The van der Waals surface area contributed by atoms with Crippen LogP contribution in [0.2, 0.25) is 5.15 Å². The predicted molar refractivity (Wildman–Crippen MR) is 52.6 cm³/mol. The van der Waals surface area contributed by atoms with Crippen LogP contribution in [0.3, 0.4) is 0 Å². The van der Waals surface area contributed by atoms with Gasteiger partial charge in [-0.1, -0.05) is 11.6 Å². The molecule has 1 fully saturated rings. The van der Waals surface area contributed by atoms with Crippen molar-refractivity contribution in [2.45, 2.75) is 18.8 Å². The predicted octanol–water partition coefficient (Wildman–Crippen LogP) is 2.40. The van der Waals surface area contributed by atoms with Crippen molar-refractivity contribution in [2.24, 2.45) is 0 Å². The molecule has 1 aromatic heterocycles. The first kappa shape index (κ1) is 9.46. The van der Waals surface area contributed by atoms with Crippen molar-refractivity contribution in [1.29, 1.82) is 0 Å². The second kappa shape index (κ2) is 3.58. The van der Waals surface area contributed by atoms with Gasteiger partial charge in [0.15, 0.2) is 0 Å². The molecule has 0 aliphatic heterocycles. The normalized spacial score (nSPS) is 15.3. The molecule has 0 atom stereocenters. The topological polar surface area (TPSA) is 39.2 Å². The van der Waals surface area contributed by atoms with Gasteiger partial charge >= 0.3 is 5.97 Å². The maximum absolute atomic E-state index is 11.3. The number of rotatable bonds is 2. The first-order valence-corrected chi connectivity index (χ1v) is 4.84. The number of aromatic nitrogens is 1. The van der Waals surface area contributed by atoms with E-state index in [9.17, 15) is 4.79 Å². The smallest absolute Gasteiger partial charge is 0.338 e. The second-order valence-electron chi connectivity index (χ2n) is 3.37. The number of hydrogen-bond acceptors (Lipinski definition) is 3. The van der Waals surface area contributed by atoms with E-state index < -0.39 is 0 Å². The molecule has 14 heavy (non-hydrogen) atoms. The highest BCUT2D eigenvalue weighted by atomic mass is 35.5. The van der Waals surface area contributed by atoms with E-state index in [2.05, 4.69) is 9.72 Å². The highest BCUT2D eigenvalue weighted by Crippen LogP contribution is 2.39. The molecule has 1 aromatic rings. The summed E-state index contributed by atoms with van der Waals surface area (Å²) >= 11 is 5.80. The third kappa shape index (κ3) is 1.87. The molecule has 0 unspecified atom stereocenters. The summed E-state index contributed by atoms with van der Waals surface area (Å²) in [6.45, 7) is 0. The minimum absolute atomic E-state index is 0.356. The number of pyridine rings is 1. The van der Waals surface area contributed by atoms with Gasteiger partial charge in [0, 0.05) is 11.6 Å². The van der Waals surface area contributed by atoms with Crippen LogP contribution in [0.1, 0.15) is 34.8 Å². The van der Waals surface area contributed by atoms with Crippen LogP contribution in [0.15, 0.2) is 12.1 Å². The minimum atomic E-state index is -0.365. The Bertz CT molecular complexity index is 374. The molecule has 0 amide bonds. The quantitative estimate of drug-likeness (QED) is 0.557. The Morgan fingerprint density at radius 1 is 1.57 bits per heavy atom. The summed E-state index contributed by atoms with van der Waals surface area (Å²) in [6, 6.07) is 3.29. The molecule has 0 N–H and O–H groups in total. The van der Waals surface area contributed by atoms with Gasteiger partial charge in [0.05, 0.1) is 12.7 Å². The first-order valence-electron chi connectivity index (χ1n) is 4.46. The minimum Gasteiger partial charge on any atom is -0.465 e. The molecule has 1 saturated carbocycles. The number of nitrogens with zero attached hydrogens (tertiary/aromatic N) is 1. The van der Waals surface area contributed by atoms with Gasteiger partial charge in [0.1, 0.15) is 5.15 Å². The molecule has 4 heteroatoms. The second-order valence-corrected chi connectivity index (χ2v) is 3.76. The summed E-state index contributed by atoms with van der Waals surface area (Å²) in [5.74, 6) is 0.119. The van der Waals surface area contributed by atoms with Gasteiger partial charge in [-0.3, -0.25) is 0 Å². The lowest BCUT2D eigenvalue weighted by Crippen LogP contribution is -2.03. The molecular weight excluding hydrogens is 202 g/mol. The lowest BCUT2D eigenvalue weighted by atomic mass is 10.2. The van der Waals surface area contributed by atoms with E-state index in [1.807, 2.05) is 0 Å². The summed E-state index contributed by atoms with van der Waals surface area (Å²) < 4.78 is 4.62. The molecule has 0 radical (unpaired) electrons. The van der Waals surface area contributed by atoms with E-state index in [1.165, 1.54) is 13.2 Å². The van der Waals surface area contributed by atoms with Crippen molar-refractivity contribution in [2.75, 3.05) is 7.11 Å². The van der Waals surface area contributed by atoms with Gasteiger partial charge in [-0.05, 0) is 25.0 Å². The van der Waals surface area contributed by atoms with Gasteiger partial charge in [0.25, 0.3) is 0 Å². The van der Waals surface area contributed by atoms with Crippen LogP contribution in [0.4, 0.5) is 0 Å². The number of hydrogen-bond donors (Lipinski definition) is 0. The van der Waals surface area contributed by atoms with Crippen molar-refractivity contribution < 1.29 is 9.53 Å². The van der Waals surface area contributed by atoms with Gasteiger partial charge in [-0.25, -0.2) is 9.78 Å². The fourth-order valence-corrected chi connectivity index (χ4v) is 1.56. The molecular formula is C10H10ClNO2. The molecule has 1 aliphatic rings.